The van der Waals surface area contributed by atoms with E-state index in [9.17, 15) is 14.4 Å². The van der Waals surface area contributed by atoms with Crippen molar-refractivity contribution >= 4 is 17.8 Å². The standard InChI is InChI=1S/C13H14N2O5/c16-10-7-14(12(17)9-2-1-4-15(9)10)6-8-3-5-20-11(8)13(18)19/h3,5,9H,1-2,4,6-7H2,(H,18,19). The van der Waals surface area contributed by atoms with E-state index in [1.807, 2.05) is 0 Å². The summed E-state index contributed by atoms with van der Waals surface area (Å²) >= 11 is 0. The van der Waals surface area contributed by atoms with Gasteiger partial charge in [0.15, 0.2) is 0 Å². The van der Waals surface area contributed by atoms with Crippen molar-refractivity contribution in [3.05, 3.63) is 23.7 Å². The summed E-state index contributed by atoms with van der Waals surface area (Å²) in [6.45, 7) is 0.724. The number of fused-ring (bicyclic) bond motifs is 1. The minimum absolute atomic E-state index is 0.000424. The van der Waals surface area contributed by atoms with Crippen LogP contribution in [-0.2, 0) is 16.1 Å². The average molecular weight is 278 g/mol. The van der Waals surface area contributed by atoms with Crippen molar-refractivity contribution in [3.8, 4) is 0 Å². The van der Waals surface area contributed by atoms with Crippen LogP contribution in [0.1, 0.15) is 29.0 Å². The second-order valence-corrected chi connectivity index (χ2v) is 5.02. The highest BCUT2D eigenvalue weighted by Crippen LogP contribution is 2.25. The van der Waals surface area contributed by atoms with Gasteiger partial charge < -0.3 is 19.3 Å². The number of carboxylic acid groups (broad SMARTS) is 1. The number of carbonyl (C=O) groups excluding carboxylic acids is 2. The highest BCUT2D eigenvalue weighted by molar-refractivity contribution is 5.95. The fraction of sp³-hybridized carbons (Fsp3) is 0.462. The van der Waals surface area contributed by atoms with Crippen molar-refractivity contribution < 1.29 is 23.9 Å². The molecule has 1 N–H and O–H groups in total. The number of carbonyl (C=O) groups is 3. The molecule has 2 aliphatic heterocycles. The van der Waals surface area contributed by atoms with Gasteiger partial charge in [0.25, 0.3) is 0 Å². The Balaban J connectivity index is 1.80. The fourth-order valence-electron chi connectivity index (χ4n) is 2.85. The molecule has 3 rings (SSSR count). The van der Waals surface area contributed by atoms with E-state index in [-0.39, 0.29) is 36.7 Å². The Bertz CT molecular complexity index is 579. The lowest BCUT2D eigenvalue weighted by atomic mass is 10.1. The molecule has 1 atom stereocenters. The highest BCUT2D eigenvalue weighted by Gasteiger charge is 2.42. The number of piperazine rings is 1. The van der Waals surface area contributed by atoms with Crippen LogP contribution in [0.25, 0.3) is 0 Å². The quantitative estimate of drug-likeness (QED) is 0.859. The number of hydrogen-bond acceptors (Lipinski definition) is 4. The number of aromatic carboxylic acids is 1. The Kier molecular flexibility index (Phi) is 2.96. The monoisotopic (exact) mass is 278 g/mol. The van der Waals surface area contributed by atoms with E-state index in [0.717, 1.165) is 6.42 Å². The van der Waals surface area contributed by atoms with Crippen LogP contribution in [0.3, 0.4) is 0 Å². The zero-order valence-corrected chi connectivity index (χ0v) is 10.7. The lowest BCUT2D eigenvalue weighted by molar-refractivity contribution is -0.154. The molecule has 0 bridgehead atoms. The van der Waals surface area contributed by atoms with Crippen molar-refractivity contribution in [2.75, 3.05) is 13.1 Å². The molecule has 0 aliphatic carbocycles. The first-order chi connectivity index (χ1) is 9.58. The van der Waals surface area contributed by atoms with Gasteiger partial charge in [-0.1, -0.05) is 0 Å². The molecule has 2 amide bonds. The summed E-state index contributed by atoms with van der Waals surface area (Å²) in [6, 6.07) is 1.14. The van der Waals surface area contributed by atoms with E-state index in [0.29, 0.717) is 18.5 Å². The van der Waals surface area contributed by atoms with Gasteiger partial charge in [0.2, 0.25) is 17.6 Å². The predicted octanol–water partition coefficient (Wildman–Crippen LogP) is 0.311. The van der Waals surface area contributed by atoms with Crippen LogP contribution in [0.4, 0.5) is 0 Å². The molecule has 1 aromatic heterocycles. The Labute approximate surface area is 114 Å². The van der Waals surface area contributed by atoms with Crippen LogP contribution in [0, 0.1) is 0 Å². The molecule has 2 aliphatic rings. The predicted molar refractivity (Wildman–Crippen MR) is 65.8 cm³/mol. The number of furan rings is 1. The highest BCUT2D eigenvalue weighted by atomic mass is 16.4. The first-order valence-corrected chi connectivity index (χ1v) is 6.46. The Morgan fingerprint density at radius 3 is 3.00 bits per heavy atom. The molecular weight excluding hydrogens is 264 g/mol. The van der Waals surface area contributed by atoms with Gasteiger partial charge in [-0.05, 0) is 18.9 Å². The number of amides is 2. The summed E-state index contributed by atoms with van der Waals surface area (Å²) in [5, 5.41) is 8.98. The first-order valence-electron chi connectivity index (χ1n) is 6.46. The number of hydrogen-bond donors (Lipinski definition) is 1. The molecule has 7 nitrogen and oxygen atoms in total. The topological polar surface area (TPSA) is 91.1 Å². The third-order valence-electron chi connectivity index (χ3n) is 3.80. The van der Waals surface area contributed by atoms with Crippen LogP contribution in [0.15, 0.2) is 16.7 Å². The number of nitrogens with zero attached hydrogens (tertiary/aromatic N) is 2. The van der Waals surface area contributed by atoms with Gasteiger partial charge in [0, 0.05) is 12.1 Å². The molecule has 1 aromatic rings. The maximum absolute atomic E-state index is 12.3. The number of carboxylic acids is 1. The summed E-state index contributed by atoms with van der Waals surface area (Å²) in [6.07, 6.45) is 2.79. The van der Waals surface area contributed by atoms with Gasteiger partial charge in [-0.2, -0.15) is 0 Å². The maximum Gasteiger partial charge on any atom is 0.372 e. The van der Waals surface area contributed by atoms with Crippen LogP contribution in [0.5, 0.6) is 0 Å². The van der Waals surface area contributed by atoms with Gasteiger partial charge in [0.05, 0.1) is 12.8 Å². The van der Waals surface area contributed by atoms with Crippen molar-refractivity contribution in [3.63, 3.8) is 0 Å². The molecule has 106 valence electrons. The third kappa shape index (κ3) is 1.95. The zero-order chi connectivity index (χ0) is 14.3. The summed E-state index contributed by atoms with van der Waals surface area (Å²) in [4.78, 5) is 38.3. The minimum Gasteiger partial charge on any atom is -0.475 e. The normalized spacial score (nSPS) is 22.3. The van der Waals surface area contributed by atoms with Crippen molar-refractivity contribution in [1.82, 2.24) is 9.80 Å². The van der Waals surface area contributed by atoms with E-state index in [1.54, 1.807) is 4.90 Å². The smallest absolute Gasteiger partial charge is 0.372 e. The van der Waals surface area contributed by atoms with Gasteiger partial charge in [-0.3, -0.25) is 9.59 Å². The summed E-state index contributed by atoms with van der Waals surface area (Å²) < 4.78 is 4.88. The third-order valence-corrected chi connectivity index (χ3v) is 3.80. The van der Waals surface area contributed by atoms with E-state index in [1.165, 1.54) is 17.2 Å². The van der Waals surface area contributed by atoms with E-state index >= 15 is 0 Å². The molecule has 7 heteroatoms. The largest absolute Gasteiger partial charge is 0.475 e. The van der Waals surface area contributed by atoms with Crippen LogP contribution < -0.4 is 0 Å². The molecule has 3 heterocycles. The van der Waals surface area contributed by atoms with Crippen LogP contribution in [-0.4, -0.2) is 51.8 Å². The van der Waals surface area contributed by atoms with Crippen LogP contribution in [0.2, 0.25) is 0 Å². The molecule has 0 spiro atoms. The molecule has 20 heavy (non-hydrogen) atoms. The van der Waals surface area contributed by atoms with E-state index in [4.69, 9.17) is 9.52 Å². The number of rotatable bonds is 3. The Morgan fingerprint density at radius 1 is 1.45 bits per heavy atom. The van der Waals surface area contributed by atoms with Crippen LogP contribution >= 0.6 is 0 Å². The van der Waals surface area contributed by atoms with Gasteiger partial charge in [0.1, 0.15) is 12.6 Å². The van der Waals surface area contributed by atoms with E-state index < -0.39 is 5.97 Å². The Morgan fingerprint density at radius 2 is 2.25 bits per heavy atom. The summed E-state index contributed by atoms with van der Waals surface area (Å²) in [5.74, 6) is -1.55. The summed E-state index contributed by atoms with van der Waals surface area (Å²) in [7, 11) is 0. The first kappa shape index (κ1) is 12.7. The molecule has 2 saturated heterocycles. The van der Waals surface area contributed by atoms with Gasteiger partial charge in [-0.15, -0.1) is 0 Å². The van der Waals surface area contributed by atoms with Crippen molar-refractivity contribution in [2.45, 2.75) is 25.4 Å². The lowest BCUT2D eigenvalue weighted by Gasteiger charge is -2.36. The van der Waals surface area contributed by atoms with E-state index in [2.05, 4.69) is 0 Å². The van der Waals surface area contributed by atoms with Gasteiger partial charge in [-0.25, -0.2) is 4.79 Å². The van der Waals surface area contributed by atoms with Gasteiger partial charge >= 0.3 is 5.97 Å². The molecule has 1 unspecified atom stereocenters. The second-order valence-electron chi connectivity index (χ2n) is 5.02. The average Bonchev–Trinajstić information content (AvgIpc) is 3.04. The molecule has 0 aromatic carbocycles. The fourth-order valence-corrected chi connectivity index (χ4v) is 2.85. The maximum atomic E-state index is 12.3. The molecule has 2 fully saturated rings. The molecule has 0 radical (unpaired) electrons. The SMILES string of the molecule is O=C(O)c1occc1CN1CC(=O)N2CCCC2C1=O. The molecular formula is C13H14N2O5. The van der Waals surface area contributed by atoms with Crippen molar-refractivity contribution in [2.24, 2.45) is 0 Å². The minimum atomic E-state index is -1.18. The zero-order valence-electron chi connectivity index (χ0n) is 10.7. The molecule has 0 saturated carbocycles. The summed E-state index contributed by atoms with van der Waals surface area (Å²) in [5.41, 5.74) is 0.407. The lowest BCUT2D eigenvalue weighted by Crippen LogP contribution is -2.56. The second kappa shape index (κ2) is 4.66. The Hall–Kier alpha value is -2.31. The van der Waals surface area contributed by atoms with Crippen molar-refractivity contribution in [1.29, 1.82) is 0 Å².